The van der Waals surface area contributed by atoms with Crippen LogP contribution in [0.2, 0.25) is 0 Å². The van der Waals surface area contributed by atoms with Gasteiger partial charge in [0, 0.05) is 18.1 Å². The van der Waals surface area contributed by atoms with E-state index in [9.17, 15) is 0 Å². The van der Waals surface area contributed by atoms with Gasteiger partial charge in [0.1, 0.15) is 5.75 Å². The Labute approximate surface area is 110 Å². The largest absolute Gasteiger partial charge is 0.494 e. The maximum absolute atomic E-state index is 8.76. The van der Waals surface area contributed by atoms with Crippen molar-refractivity contribution in [3.63, 3.8) is 0 Å². The van der Waals surface area contributed by atoms with Crippen LogP contribution in [0.1, 0.15) is 12.0 Å². The van der Waals surface area contributed by atoms with Crippen molar-refractivity contribution in [1.82, 2.24) is 9.97 Å². The lowest BCUT2D eigenvalue weighted by Gasteiger charge is -2.05. The molecule has 2 aromatic rings. The van der Waals surface area contributed by atoms with Gasteiger partial charge in [0.2, 0.25) is 0 Å². The maximum Gasteiger partial charge on any atom is 0.165 e. The highest BCUT2D eigenvalue weighted by molar-refractivity contribution is 7.99. The Morgan fingerprint density at radius 2 is 2.39 bits per heavy atom. The molecule has 92 valence electrons. The van der Waals surface area contributed by atoms with Gasteiger partial charge in [0.25, 0.3) is 0 Å². The van der Waals surface area contributed by atoms with Gasteiger partial charge in [-0.1, -0.05) is 17.8 Å². The highest BCUT2D eigenvalue weighted by Crippen LogP contribution is 2.15. The average Bonchev–Trinajstić information content (AvgIpc) is 2.92. The smallest absolute Gasteiger partial charge is 0.165 e. The molecule has 0 unspecified atom stereocenters. The van der Waals surface area contributed by atoms with Crippen molar-refractivity contribution in [3.8, 4) is 11.8 Å². The van der Waals surface area contributed by atoms with Crippen molar-refractivity contribution in [2.75, 3.05) is 12.4 Å². The third-order valence-corrected chi connectivity index (χ3v) is 3.22. The Morgan fingerprint density at radius 1 is 1.44 bits per heavy atom. The van der Waals surface area contributed by atoms with Crippen molar-refractivity contribution in [2.24, 2.45) is 0 Å². The van der Waals surface area contributed by atoms with Crippen LogP contribution in [0.25, 0.3) is 0 Å². The minimum absolute atomic E-state index is 0.623. The van der Waals surface area contributed by atoms with Gasteiger partial charge in [-0.2, -0.15) is 5.26 Å². The molecule has 1 heterocycles. The molecule has 0 saturated heterocycles. The number of aromatic nitrogens is 2. The van der Waals surface area contributed by atoms with E-state index in [0.717, 1.165) is 23.1 Å². The first-order chi connectivity index (χ1) is 8.88. The first-order valence-electron chi connectivity index (χ1n) is 5.63. The normalized spacial score (nSPS) is 9.94. The predicted octanol–water partition coefficient (Wildman–Crippen LogP) is 2.84. The SMILES string of the molecule is N#Cc1cccc(OCCCSc2ncc[nH]2)c1. The summed E-state index contributed by atoms with van der Waals surface area (Å²) in [6, 6.07) is 9.29. The van der Waals surface area contributed by atoms with Crippen molar-refractivity contribution < 1.29 is 4.74 Å². The fraction of sp³-hybridized carbons (Fsp3) is 0.231. The summed E-state index contributed by atoms with van der Waals surface area (Å²) in [6.45, 7) is 0.641. The molecular weight excluding hydrogens is 246 g/mol. The maximum atomic E-state index is 8.76. The van der Waals surface area contributed by atoms with Gasteiger partial charge in [0.05, 0.1) is 18.2 Å². The standard InChI is InChI=1S/C13H13N3OS/c14-10-11-3-1-4-12(9-11)17-7-2-8-18-13-15-5-6-16-13/h1,3-6,9H,2,7-8H2,(H,15,16). The molecule has 0 fully saturated rings. The number of nitrogens with one attached hydrogen (secondary N) is 1. The van der Waals surface area contributed by atoms with E-state index in [1.807, 2.05) is 18.3 Å². The second-order valence-electron chi connectivity index (χ2n) is 3.58. The zero-order valence-electron chi connectivity index (χ0n) is 9.80. The van der Waals surface area contributed by atoms with Crippen molar-refractivity contribution >= 4 is 11.8 Å². The number of ether oxygens (including phenoxy) is 1. The average molecular weight is 259 g/mol. The predicted molar refractivity (Wildman–Crippen MR) is 70.6 cm³/mol. The molecule has 0 bridgehead atoms. The topological polar surface area (TPSA) is 61.7 Å². The van der Waals surface area contributed by atoms with E-state index in [1.54, 1.807) is 30.1 Å². The Kier molecular flexibility index (Phi) is 4.68. The summed E-state index contributed by atoms with van der Waals surface area (Å²) < 4.78 is 5.57. The number of nitriles is 1. The number of H-pyrrole nitrogens is 1. The molecule has 0 atom stereocenters. The molecule has 0 aliphatic rings. The molecule has 18 heavy (non-hydrogen) atoms. The van der Waals surface area contributed by atoms with Crippen LogP contribution in [0.4, 0.5) is 0 Å². The second-order valence-corrected chi connectivity index (χ2v) is 4.67. The molecular formula is C13H13N3OS. The molecule has 2 rings (SSSR count). The molecule has 5 heteroatoms. The lowest BCUT2D eigenvalue weighted by atomic mass is 10.2. The quantitative estimate of drug-likeness (QED) is 0.640. The molecule has 1 N–H and O–H groups in total. The molecule has 1 aromatic heterocycles. The van der Waals surface area contributed by atoms with E-state index >= 15 is 0 Å². The molecule has 0 radical (unpaired) electrons. The van der Waals surface area contributed by atoms with Gasteiger partial charge in [-0.05, 0) is 24.6 Å². The molecule has 0 amide bonds. The lowest BCUT2D eigenvalue weighted by Crippen LogP contribution is -1.99. The van der Waals surface area contributed by atoms with Gasteiger partial charge in [-0.15, -0.1) is 0 Å². The Morgan fingerprint density at radius 3 is 3.17 bits per heavy atom. The third-order valence-electron chi connectivity index (χ3n) is 2.23. The molecule has 0 aliphatic heterocycles. The van der Waals surface area contributed by atoms with Crippen LogP contribution >= 0.6 is 11.8 Å². The summed E-state index contributed by atoms with van der Waals surface area (Å²) >= 11 is 1.67. The van der Waals surface area contributed by atoms with Crippen LogP contribution in [0.3, 0.4) is 0 Å². The van der Waals surface area contributed by atoms with Crippen molar-refractivity contribution in [3.05, 3.63) is 42.2 Å². The van der Waals surface area contributed by atoms with Crippen LogP contribution < -0.4 is 4.74 Å². The number of rotatable bonds is 6. The van der Waals surface area contributed by atoms with Crippen molar-refractivity contribution in [2.45, 2.75) is 11.6 Å². The van der Waals surface area contributed by atoms with Crippen LogP contribution in [0.15, 0.2) is 41.8 Å². The summed E-state index contributed by atoms with van der Waals surface area (Å²) in [5.74, 6) is 1.70. The minimum Gasteiger partial charge on any atom is -0.494 e. The second kappa shape index (κ2) is 6.72. The van der Waals surface area contributed by atoms with Gasteiger partial charge in [-0.3, -0.25) is 0 Å². The lowest BCUT2D eigenvalue weighted by molar-refractivity contribution is 0.318. The highest BCUT2D eigenvalue weighted by atomic mass is 32.2. The number of benzene rings is 1. The minimum atomic E-state index is 0.623. The molecule has 0 aliphatic carbocycles. The van der Waals surface area contributed by atoms with Crippen molar-refractivity contribution in [1.29, 1.82) is 5.26 Å². The first kappa shape index (κ1) is 12.5. The molecule has 1 aromatic carbocycles. The Hall–Kier alpha value is -1.93. The van der Waals surface area contributed by atoms with Crippen LogP contribution in [-0.2, 0) is 0 Å². The zero-order chi connectivity index (χ0) is 12.6. The number of hydrogen-bond donors (Lipinski definition) is 1. The number of imidazole rings is 1. The van der Waals surface area contributed by atoms with E-state index in [-0.39, 0.29) is 0 Å². The Bertz CT molecular complexity index is 519. The van der Waals surface area contributed by atoms with Crippen LogP contribution in [-0.4, -0.2) is 22.3 Å². The zero-order valence-corrected chi connectivity index (χ0v) is 10.6. The molecule has 0 saturated carbocycles. The van der Waals surface area contributed by atoms with E-state index in [0.29, 0.717) is 12.2 Å². The fourth-order valence-corrected chi connectivity index (χ4v) is 2.15. The van der Waals surface area contributed by atoms with E-state index < -0.39 is 0 Å². The summed E-state index contributed by atoms with van der Waals surface area (Å²) in [4.78, 5) is 7.16. The third kappa shape index (κ3) is 3.82. The number of nitrogens with zero attached hydrogens (tertiary/aromatic N) is 2. The van der Waals surface area contributed by atoms with Crippen LogP contribution in [0, 0.1) is 11.3 Å². The van der Waals surface area contributed by atoms with E-state index in [4.69, 9.17) is 10.00 Å². The van der Waals surface area contributed by atoms with Crippen LogP contribution in [0.5, 0.6) is 5.75 Å². The van der Waals surface area contributed by atoms with Gasteiger partial charge in [0.15, 0.2) is 5.16 Å². The summed E-state index contributed by atoms with van der Waals surface area (Å²) in [6.07, 6.45) is 4.49. The monoisotopic (exact) mass is 259 g/mol. The van der Waals surface area contributed by atoms with E-state index in [1.165, 1.54) is 0 Å². The van der Waals surface area contributed by atoms with E-state index in [2.05, 4.69) is 16.0 Å². The number of thioether (sulfide) groups is 1. The fourth-order valence-electron chi connectivity index (χ4n) is 1.40. The Balaban J connectivity index is 1.67. The number of hydrogen-bond acceptors (Lipinski definition) is 4. The summed E-state index contributed by atoms with van der Waals surface area (Å²) in [5, 5.41) is 9.69. The highest BCUT2D eigenvalue weighted by Gasteiger charge is 1.98. The molecule has 4 nitrogen and oxygen atoms in total. The summed E-state index contributed by atoms with van der Waals surface area (Å²) in [5.41, 5.74) is 0.623. The molecule has 0 spiro atoms. The van der Waals surface area contributed by atoms with Gasteiger partial charge < -0.3 is 9.72 Å². The van der Waals surface area contributed by atoms with Gasteiger partial charge in [-0.25, -0.2) is 4.98 Å². The first-order valence-corrected chi connectivity index (χ1v) is 6.62. The number of aromatic amines is 1. The van der Waals surface area contributed by atoms with Gasteiger partial charge >= 0.3 is 0 Å². The summed E-state index contributed by atoms with van der Waals surface area (Å²) in [7, 11) is 0.